The Labute approximate surface area is 85.2 Å². The van der Waals surface area contributed by atoms with E-state index < -0.39 is 0 Å². The summed E-state index contributed by atoms with van der Waals surface area (Å²) in [6.45, 7) is 11.2. The molecule has 74 valence electrons. The Bertz CT molecular complexity index is 268. The summed E-state index contributed by atoms with van der Waals surface area (Å²) in [5.41, 5.74) is 0.257. The first-order chi connectivity index (χ1) is 5.89. The minimum Gasteiger partial charge on any atom is -0.249 e. The summed E-state index contributed by atoms with van der Waals surface area (Å²) in [6, 6.07) is 0. The summed E-state index contributed by atoms with van der Waals surface area (Å²) in [6.07, 6.45) is 3.14. The summed E-state index contributed by atoms with van der Waals surface area (Å²) in [4.78, 5) is 5.83. The Kier molecular flexibility index (Phi) is 3.12. The zero-order valence-electron chi connectivity index (χ0n) is 9.22. The number of hydrogen-bond acceptors (Lipinski definition) is 2. The maximum Gasteiger partial charge on any atom is 0.0930 e. The lowest BCUT2D eigenvalue weighted by Crippen LogP contribution is -2.07. The molecule has 0 radical (unpaired) electrons. The summed E-state index contributed by atoms with van der Waals surface area (Å²) in [7, 11) is 0. The third kappa shape index (κ3) is 3.11. The molecule has 13 heavy (non-hydrogen) atoms. The van der Waals surface area contributed by atoms with Gasteiger partial charge in [-0.05, 0) is 11.3 Å². The van der Waals surface area contributed by atoms with Gasteiger partial charge in [-0.25, -0.2) is 4.98 Å². The molecule has 0 aliphatic heterocycles. The molecular weight excluding hydrogens is 178 g/mol. The van der Waals surface area contributed by atoms with E-state index in [1.54, 1.807) is 0 Å². The Hall–Kier alpha value is -0.370. The van der Waals surface area contributed by atoms with E-state index in [1.165, 1.54) is 9.88 Å². The Morgan fingerprint density at radius 1 is 1.38 bits per heavy atom. The standard InChI is InChI=1S/C11H19NS/c1-8(2)6-10-12-7-9(13-10)11(3,4)5/h7-8H,6H2,1-5H3. The lowest BCUT2D eigenvalue weighted by Gasteiger charge is -2.14. The average molecular weight is 197 g/mol. The highest BCUT2D eigenvalue weighted by atomic mass is 32.1. The van der Waals surface area contributed by atoms with E-state index in [2.05, 4.69) is 39.6 Å². The highest BCUT2D eigenvalue weighted by molar-refractivity contribution is 7.11. The molecule has 0 aliphatic carbocycles. The lowest BCUT2D eigenvalue weighted by molar-refractivity contribution is 0.602. The predicted molar refractivity (Wildman–Crippen MR) is 59.4 cm³/mol. The van der Waals surface area contributed by atoms with Crippen LogP contribution in [0.1, 0.15) is 44.5 Å². The molecule has 1 aromatic heterocycles. The molecule has 0 unspecified atom stereocenters. The molecule has 1 heterocycles. The molecule has 0 bridgehead atoms. The van der Waals surface area contributed by atoms with Gasteiger partial charge < -0.3 is 0 Å². The van der Waals surface area contributed by atoms with Crippen molar-refractivity contribution >= 4 is 11.3 Å². The van der Waals surface area contributed by atoms with Crippen LogP contribution in [-0.4, -0.2) is 4.98 Å². The van der Waals surface area contributed by atoms with Crippen LogP contribution in [-0.2, 0) is 11.8 Å². The topological polar surface area (TPSA) is 12.9 Å². The van der Waals surface area contributed by atoms with Gasteiger partial charge in [0, 0.05) is 17.5 Å². The first-order valence-corrected chi connectivity index (χ1v) is 5.66. The highest BCUT2D eigenvalue weighted by Crippen LogP contribution is 2.28. The molecule has 0 aliphatic rings. The summed E-state index contributed by atoms with van der Waals surface area (Å²) < 4.78 is 0. The van der Waals surface area contributed by atoms with Gasteiger partial charge in [-0.3, -0.25) is 0 Å². The first-order valence-electron chi connectivity index (χ1n) is 4.85. The van der Waals surface area contributed by atoms with Crippen molar-refractivity contribution in [3.8, 4) is 0 Å². The molecule has 0 fully saturated rings. The normalized spacial score (nSPS) is 12.5. The monoisotopic (exact) mass is 197 g/mol. The quantitative estimate of drug-likeness (QED) is 0.705. The minimum absolute atomic E-state index is 0.257. The second-order valence-corrected chi connectivity index (χ2v) is 6.08. The molecule has 0 amide bonds. The third-order valence-electron chi connectivity index (χ3n) is 1.88. The summed E-state index contributed by atoms with van der Waals surface area (Å²) >= 11 is 1.86. The molecule has 2 heteroatoms. The van der Waals surface area contributed by atoms with Crippen molar-refractivity contribution in [2.75, 3.05) is 0 Å². The van der Waals surface area contributed by atoms with Crippen molar-refractivity contribution in [2.24, 2.45) is 5.92 Å². The Morgan fingerprint density at radius 2 is 2.00 bits per heavy atom. The zero-order chi connectivity index (χ0) is 10.1. The fourth-order valence-electron chi connectivity index (χ4n) is 1.10. The maximum absolute atomic E-state index is 4.44. The van der Waals surface area contributed by atoms with E-state index in [0.717, 1.165) is 6.42 Å². The maximum atomic E-state index is 4.44. The Balaban J connectivity index is 2.75. The van der Waals surface area contributed by atoms with E-state index in [-0.39, 0.29) is 5.41 Å². The molecule has 1 aromatic rings. The van der Waals surface area contributed by atoms with Crippen LogP contribution in [0.25, 0.3) is 0 Å². The fourth-order valence-corrected chi connectivity index (χ4v) is 2.29. The largest absolute Gasteiger partial charge is 0.249 e. The fraction of sp³-hybridized carbons (Fsp3) is 0.727. The summed E-state index contributed by atoms with van der Waals surface area (Å²) in [5, 5.41) is 1.28. The van der Waals surface area contributed by atoms with E-state index in [1.807, 2.05) is 17.5 Å². The van der Waals surface area contributed by atoms with Gasteiger partial charge in [0.2, 0.25) is 0 Å². The lowest BCUT2D eigenvalue weighted by atomic mass is 9.96. The van der Waals surface area contributed by atoms with Crippen LogP contribution in [0.5, 0.6) is 0 Å². The minimum atomic E-state index is 0.257. The van der Waals surface area contributed by atoms with Crippen LogP contribution in [0.3, 0.4) is 0 Å². The van der Waals surface area contributed by atoms with Crippen molar-refractivity contribution in [3.63, 3.8) is 0 Å². The average Bonchev–Trinajstić information content (AvgIpc) is 2.32. The second kappa shape index (κ2) is 3.79. The predicted octanol–water partition coefficient (Wildman–Crippen LogP) is 3.64. The molecular formula is C11H19NS. The van der Waals surface area contributed by atoms with E-state index >= 15 is 0 Å². The molecule has 0 N–H and O–H groups in total. The molecule has 0 saturated carbocycles. The number of hydrogen-bond donors (Lipinski definition) is 0. The van der Waals surface area contributed by atoms with Crippen LogP contribution >= 0.6 is 11.3 Å². The summed E-state index contributed by atoms with van der Waals surface area (Å²) in [5.74, 6) is 0.707. The Morgan fingerprint density at radius 3 is 2.38 bits per heavy atom. The van der Waals surface area contributed by atoms with Gasteiger partial charge in [0.15, 0.2) is 0 Å². The smallest absolute Gasteiger partial charge is 0.0930 e. The van der Waals surface area contributed by atoms with Crippen molar-refractivity contribution in [1.82, 2.24) is 4.98 Å². The van der Waals surface area contributed by atoms with Gasteiger partial charge >= 0.3 is 0 Å². The van der Waals surface area contributed by atoms with E-state index in [0.29, 0.717) is 5.92 Å². The number of aromatic nitrogens is 1. The van der Waals surface area contributed by atoms with Gasteiger partial charge in [0.25, 0.3) is 0 Å². The number of rotatable bonds is 2. The molecule has 0 spiro atoms. The van der Waals surface area contributed by atoms with Gasteiger partial charge in [-0.1, -0.05) is 34.6 Å². The van der Waals surface area contributed by atoms with Crippen LogP contribution in [0.4, 0.5) is 0 Å². The zero-order valence-corrected chi connectivity index (χ0v) is 10.0. The highest BCUT2D eigenvalue weighted by Gasteiger charge is 2.17. The molecule has 0 atom stereocenters. The molecule has 0 aromatic carbocycles. The van der Waals surface area contributed by atoms with E-state index in [4.69, 9.17) is 0 Å². The number of nitrogens with zero attached hydrogens (tertiary/aromatic N) is 1. The van der Waals surface area contributed by atoms with Gasteiger partial charge in [0.1, 0.15) is 0 Å². The van der Waals surface area contributed by atoms with Crippen LogP contribution < -0.4 is 0 Å². The van der Waals surface area contributed by atoms with E-state index in [9.17, 15) is 0 Å². The van der Waals surface area contributed by atoms with Crippen molar-refractivity contribution in [3.05, 3.63) is 16.1 Å². The molecule has 0 saturated heterocycles. The SMILES string of the molecule is CC(C)Cc1ncc(C(C)(C)C)s1. The van der Waals surface area contributed by atoms with Gasteiger partial charge in [-0.15, -0.1) is 11.3 Å². The first kappa shape index (κ1) is 10.7. The van der Waals surface area contributed by atoms with Gasteiger partial charge in [-0.2, -0.15) is 0 Å². The van der Waals surface area contributed by atoms with Crippen molar-refractivity contribution in [2.45, 2.75) is 46.5 Å². The molecule has 1 nitrogen and oxygen atoms in total. The number of thiazole rings is 1. The second-order valence-electron chi connectivity index (χ2n) is 4.97. The van der Waals surface area contributed by atoms with Crippen molar-refractivity contribution < 1.29 is 0 Å². The van der Waals surface area contributed by atoms with Crippen molar-refractivity contribution in [1.29, 1.82) is 0 Å². The van der Waals surface area contributed by atoms with Crippen LogP contribution in [0, 0.1) is 5.92 Å². The van der Waals surface area contributed by atoms with Crippen LogP contribution in [0.2, 0.25) is 0 Å². The molecule has 1 rings (SSSR count). The van der Waals surface area contributed by atoms with Crippen LogP contribution in [0.15, 0.2) is 6.20 Å². The third-order valence-corrected chi connectivity index (χ3v) is 3.32. The van der Waals surface area contributed by atoms with Gasteiger partial charge in [0.05, 0.1) is 5.01 Å².